The molecule has 1 aliphatic rings. The van der Waals surface area contributed by atoms with Crippen LogP contribution in [0.15, 0.2) is 91.0 Å². The summed E-state index contributed by atoms with van der Waals surface area (Å²) in [5.41, 5.74) is 4.84. The molecule has 0 aliphatic heterocycles. The van der Waals surface area contributed by atoms with E-state index in [9.17, 15) is 14.2 Å². The number of rotatable bonds is 11. The van der Waals surface area contributed by atoms with Crippen LogP contribution in [-0.4, -0.2) is 21.6 Å². The Labute approximate surface area is 267 Å². The van der Waals surface area contributed by atoms with Gasteiger partial charge in [-0.05, 0) is 84.1 Å². The van der Waals surface area contributed by atoms with Crippen molar-refractivity contribution in [2.24, 2.45) is 5.92 Å². The topological polar surface area (TPSA) is 137 Å². The number of amides is 2. The van der Waals surface area contributed by atoms with Gasteiger partial charge in [-0.25, -0.2) is 4.57 Å². The number of carbonyl (C=O) groups excluding carboxylic acids is 2. The van der Waals surface area contributed by atoms with E-state index in [-0.39, 0.29) is 17.6 Å². The van der Waals surface area contributed by atoms with E-state index in [4.69, 9.17) is 21.4 Å². The number of hydrogen-bond donors (Lipinski definition) is 5. The molecule has 4 aromatic carbocycles. The first-order chi connectivity index (χ1) is 21.6. The average molecular weight is 648 g/mol. The standard InChI is InChI=1S/C34H35ClN3O6P/c35-28-11-5-12-29(20-28)37-33(39)25-10-4-9-24(18-25)22-36-32-16-15-26(19-27(32)17-23-7-2-1-3-8-23)34(40)38-30-13-6-14-31(21-30)44-45(41,42)43/h4-6,9-16,18-21,23,36H,1-3,7-8,17,22H2,(H,37,39)(H,38,40)(H2,41,42,43). The van der Waals surface area contributed by atoms with Gasteiger partial charge in [0.1, 0.15) is 5.75 Å². The van der Waals surface area contributed by atoms with Crippen molar-refractivity contribution in [1.29, 1.82) is 0 Å². The second kappa shape index (κ2) is 14.8. The van der Waals surface area contributed by atoms with Crippen molar-refractivity contribution in [3.8, 4) is 5.75 Å². The van der Waals surface area contributed by atoms with E-state index in [0.29, 0.717) is 40.0 Å². The highest BCUT2D eigenvalue weighted by Crippen LogP contribution is 2.38. The summed E-state index contributed by atoms with van der Waals surface area (Å²) in [6.45, 7) is 0.480. The summed E-state index contributed by atoms with van der Waals surface area (Å²) in [7, 11) is -4.73. The number of nitrogens with one attached hydrogen (secondary N) is 3. The minimum absolute atomic E-state index is 0.0512. The summed E-state index contributed by atoms with van der Waals surface area (Å²) in [5.74, 6) is -0.105. The summed E-state index contributed by atoms with van der Waals surface area (Å²) in [6, 6.07) is 25.9. The van der Waals surface area contributed by atoms with E-state index in [1.54, 1.807) is 42.5 Å². The fourth-order valence-corrected chi connectivity index (χ4v) is 6.12. The molecule has 0 atom stereocenters. The first kappa shape index (κ1) is 32.3. The number of anilines is 3. The van der Waals surface area contributed by atoms with Gasteiger partial charge >= 0.3 is 7.82 Å². The van der Waals surface area contributed by atoms with Gasteiger partial charge in [-0.2, -0.15) is 0 Å². The molecule has 0 saturated heterocycles. The Morgan fingerprint density at radius 1 is 0.800 bits per heavy atom. The van der Waals surface area contributed by atoms with Crippen molar-refractivity contribution in [3.63, 3.8) is 0 Å². The number of carbonyl (C=O) groups is 2. The van der Waals surface area contributed by atoms with Crippen molar-refractivity contribution < 1.29 is 28.5 Å². The van der Waals surface area contributed by atoms with E-state index >= 15 is 0 Å². The molecule has 0 spiro atoms. The van der Waals surface area contributed by atoms with Gasteiger partial charge < -0.3 is 20.5 Å². The molecule has 0 radical (unpaired) electrons. The van der Waals surface area contributed by atoms with Gasteiger partial charge in [0.15, 0.2) is 0 Å². The van der Waals surface area contributed by atoms with E-state index in [2.05, 4.69) is 20.5 Å². The van der Waals surface area contributed by atoms with E-state index in [1.165, 1.54) is 37.5 Å². The number of phosphoric ester groups is 1. The SMILES string of the molecule is O=C(Nc1cccc(Cl)c1)c1cccc(CNc2ccc(C(=O)Nc3cccc(OP(=O)(O)O)c3)cc2CC2CCCCC2)c1. The van der Waals surface area contributed by atoms with Gasteiger partial charge in [-0.1, -0.05) is 68.0 Å². The predicted octanol–water partition coefficient (Wildman–Crippen LogP) is 8.05. The molecule has 4 aromatic rings. The maximum atomic E-state index is 13.2. The second-order valence-corrected chi connectivity index (χ2v) is 12.8. The Kier molecular flexibility index (Phi) is 10.6. The zero-order chi connectivity index (χ0) is 31.8. The fraction of sp³-hybridized carbons (Fsp3) is 0.235. The van der Waals surface area contributed by atoms with Crippen LogP contribution < -0.4 is 20.5 Å². The minimum atomic E-state index is -4.73. The van der Waals surface area contributed by atoms with Crippen LogP contribution in [-0.2, 0) is 17.5 Å². The summed E-state index contributed by atoms with van der Waals surface area (Å²) < 4.78 is 15.9. The molecule has 234 valence electrons. The van der Waals surface area contributed by atoms with Crippen molar-refractivity contribution in [2.75, 3.05) is 16.0 Å². The molecule has 5 N–H and O–H groups in total. The van der Waals surface area contributed by atoms with Crippen LogP contribution in [0.3, 0.4) is 0 Å². The highest BCUT2D eigenvalue weighted by molar-refractivity contribution is 7.46. The molecule has 9 nitrogen and oxygen atoms in total. The minimum Gasteiger partial charge on any atom is -0.404 e. The van der Waals surface area contributed by atoms with Gasteiger partial charge in [0.2, 0.25) is 0 Å². The number of phosphoric acid groups is 1. The third-order valence-corrected chi connectivity index (χ3v) is 8.36. The van der Waals surface area contributed by atoms with Gasteiger partial charge in [0.05, 0.1) is 0 Å². The van der Waals surface area contributed by atoms with Gasteiger partial charge in [0, 0.05) is 45.8 Å². The summed E-state index contributed by atoms with van der Waals surface area (Å²) in [4.78, 5) is 44.3. The fourth-order valence-electron chi connectivity index (χ4n) is 5.54. The lowest BCUT2D eigenvalue weighted by molar-refractivity contribution is 0.101. The number of benzene rings is 4. The Morgan fingerprint density at radius 2 is 1.47 bits per heavy atom. The van der Waals surface area contributed by atoms with Crippen LogP contribution in [0.4, 0.5) is 17.1 Å². The van der Waals surface area contributed by atoms with E-state index < -0.39 is 7.82 Å². The Morgan fingerprint density at radius 3 is 2.18 bits per heavy atom. The highest BCUT2D eigenvalue weighted by atomic mass is 35.5. The largest absolute Gasteiger partial charge is 0.524 e. The van der Waals surface area contributed by atoms with Crippen LogP contribution in [0.2, 0.25) is 5.02 Å². The second-order valence-electron chi connectivity index (χ2n) is 11.2. The maximum absolute atomic E-state index is 13.2. The normalized spacial score (nSPS) is 13.6. The lowest BCUT2D eigenvalue weighted by Crippen LogP contribution is -2.15. The molecule has 0 bridgehead atoms. The molecule has 45 heavy (non-hydrogen) atoms. The molecular formula is C34H35ClN3O6P. The van der Waals surface area contributed by atoms with E-state index in [1.807, 2.05) is 30.3 Å². The van der Waals surface area contributed by atoms with Crippen LogP contribution in [0.1, 0.15) is 63.9 Å². The summed E-state index contributed by atoms with van der Waals surface area (Å²) >= 11 is 6.05. The van der Waals surface area contributed by atoms with Crippen molar-refractivity contribution in [1.82, 2.24) is 0 Å². The first-order valence-corrected chi connectivity index (χ1v) is 16.7. The Bertz CT molecular complexity index is 1720. The molecule has 0 heterocycles. The van der Waals surface area contributed by atoms with Crippen LogP contribution in [0, 0.1) is 5.92 Å². The summed E-state index contributed by atoms with van der Waals surface area (Å²) in [5, 5.41) is 9.73. The van der Waals surface area contributed by atoms with Crippen LogP contribution in [0.25, 0.3) is 0 Å². The maximum Gasteiger partial charge on any atom is 0.524 e. The third-order valence-electron chi connectivity index (χ3n) is 7.67. The molecule has 2 amide bonds. The molecule has 1 fully saturated rings. The van der Waals surface area contributed by atoms with Gasteiger partial charge in [-0.3, -0.25) is 19.4 Å². The molecule has 1 saturated carbocycles. The van der Waals surface area contributed by atoms with Crippen LogP contribution >= 0.6 is 19.4 Å². The monoisotopic (exact) mass is 647 g/mol. The molecular weight excluding hydrogens is 613 g/mol. The Hall–Kier alpha value is -4.14. The molecule has 0 unspecified atom stereocenters. The average Bonchev–Trinajstić information content (AvgIpc) is 3.00. The number of hydrogen-bond acceptors (Lipinski definition) is 5. The zero-order valence-electron chi connectivity index (χ0n) is 24.5. The quantitative estimate of drug-likeness (QED) is 0.104. The van der Waals surface area contributed by atoms with Gasteiger partial charge in [-0.15, -0.1) is 0 Å². The lowest BCUT2D eigenvalue weighted by atomic mass is 9.84. The molecule has 1 aliphatic carbocycles. The van der Waals surface area contributed by atoms with Crippen molar-refractivity contribution in [2.45, 2.75) is 45.1 Å². The number of halogens is 1. The lowest BCUT2D eigenvalue weighted by Gasteiger charge is -2.23. The Balaban J connectivity index is 1.30. The highest BCUT2D eigenvalue weighted by Gasteiger charge is 2.19. The van der Waals surface area contributed by atoms with Crippen molar-refractivity contribution in [3.05, 3.63) is 118 Å². The molecule has 0 aromatic heterocycles. The third kappa shape index (κ3) is 9.67. The van der Waals surface area contributed by atoms with Crippen LogP contribution in [0.5, 0.6) is 5.75 Å². The zero-order valence-corrected chi connectivity index (χ0v) is 26.2. The molecule has 11 heteroatoms. The van der Waals surface area contributed by atoms with Gasteiger partial charge in [0.25, 0.3) is 11.8 Å². The molecule has 5 rings (SSSR count). The van der Waals surface area contributed by atoms with Crippen molar-refractivity contribution >= 4 is 48.3 Å². The first-order valence-electron chi connectivity index (χ1n) is 14.8. The predicted molar refractivity (Wildman–Crippen MR) is 177 cm³/mol. The smallest absolute Gasteiger partial charge is 0.404 e. The van der Waals surface area contributed by atoms with E-state index in [0.717, 1.165) is 36.1 Å². The summed E-state index contributed by atoms with van der Waals surface area (Å²) in [6.07, 6.45) is 6.76.